The van der Waals surface area contributed by atoms with E-state index in [2.05, 4.69) is 0 Å². The Hall–Kier alpha value is -0.370. The van der Waals surface area contributed by atoms with Gasteiger partial charge in [0.05, 0.1) is 0 Å². The minimum Gasteiger partial charge on any atom is -0.373 e. The molecule has 2 nitrogen and oxygen atoms in total. The first-order chi connectivity index (χ1) is 6.81. The van der Waals surface area contributed by atoms with E-state index in [1.165, 1.54) is 38.5 Å². The number of hydrogen-bond acceptors (Lipinski definition) is 2. The number of ether oxygens (including phenoxy) is 1. The first-order valence-electron chi connectivity index (χ1n) is 5.86. The van der Waals surface area contributed by atoms with Crippen LogP contribution in [0, 0.1) is 11.8 Å². The third-order valence-corrected chi connectivity index (χ3v) is 3.59. The number of carbonyl (C=O) groups is 1. The van der Waals surface area contributed by atoms with Crippen molar-refractivity contribution in [2.45, 2.75) is 51.0 Å². The number of Topliss-reactive ketones (excluding diaryl/α,β-unsaturated/α-hetero) is 1. The summed E-state index contributed by atoms with van der Waals surface area (Å²) in [6.07, 6.45) is 8.23. The summed E-state index contributed by atoms with van der Waals surface area (Å²) in [5.41, 5.74) is 0. The van der Waals surface area contributed by atoms with E-state index < -0.39 is 0 Å². The van der Waals surface area contributed by atoms with Gasteiger partial charge in [-0.1, -0.05) is 25.7 Å². The van der Waals surface area contributed by atoms with Crippen molar-refractivity contribution in [1.29, 1.82) is 0 Å². The molecule has 2 saturated carbocycles. The molecule has 0 spiro atoms. The lowest BCUT2D eigenvalue weighted by Crippen LogP contribution is -2.26. The van der Waals surface area contributed by atoms with Crippen LogP contribution in [0.3, 0.4) is 0 Å². The van der Waals surface area contributed by atoms with Crippen molar-refractivity contribution in [3.05, 3.63) is 0 Å². The van der Waals surface area contributed by atoms with Gasteiger partial charge in [0.2, 0.25) is 0 Å². The van der Waals surface area contributed by atoms with Gasteiger partial charge in [0.25, 0.3) is 0 Å². The normalized spacial score (nSPS) is 25.2. The van der Waals surface area contributed by atoms with Crippen molar-refractivity contribution in [3.8, 4) is 0 Å². The van der Waals surface area contributed by atoms with E-state index in [0.717, 1.165) is 6.42 Å². The molecule has 2 fully saturated rings. The van der Waals surface area contributed by atoms with Crippen LogP contribution in [-0.2, 0) is 9.53 Å². The van der Waals surface area contributed by atoms with Crippen LogP contribution < -0.4 is 0 Å². The zero-order valence-electron chi connectivity index (χ0n) is 9.00. The molecule has 2 aliphatic carbocycles. The molecule has 2 rings (SSSR count). The Bertz CT molecular complexity index is 202. The van der Waals surface area contributed by atoms with Crippen molar-refractivity contribution in [2.75, 3.05) is 7.11 Å². The SMILES string of the molecule is COC(C(=O)CC1CCCC1)C1CC1. The zero-order chi connectivity index (χ0) is 9.97. The zero-order valence-corrected chi connectivity index (χ0v) is 9.00. The van der Waals surface area contributed by atoms with E-state index >= 15 is 0 Å². The van der Waals surface area contributed by atoms with Gasteiger partial charge in [-0.25, -0.2) is 0 Å². The smallest absolute Gasteiger partial charge is 0.162 e. The molecule has 80 valence electrons. The summed E-state index contributed by atoms with van der Waals surface area (Å²) in [5.74, 6) is 1.58. The van der Waals surface area contributed by atoms with Gasteiger partial charge in [0.15, 0.2) is 5.78 Å². The molecule has 0 saturated heterocycles. The van der Waals surface area contributed by atoms with Crippen LogP contribution in [-0.4, -0.2) is 19.0 Å². The maximum absolute atomic E-state index is 11.9. The summed E-state index contributed by atoms with van der Waals surface area (Å²) in [6.45, 7) is 0. The second kappa shape index (κ2) is 4.43. The number of carbonyl (C=O) groups excluding carboxylic acids is 1. The fourth-order valence-corrected chi connectivity index (χ4v) is 2.60. The number of ketones is 1. The van der Waals surface area contributed by atoms with Gasteiger partial charge in [-0.2, -0.15) is 0 Å². The molecule has 2 aliphatic rings. The third kappa shape index (κ3) is 2.35. The molecule has 0 aromatic heterocycles. The monoisotopic (exact) mass is 196 g/mol. The Labute approximate surface area is 86.0 Å². The predicted octanol–water partition coefficient (Wildman–Crippen LogP) is 2.56. The minimum absolute atomic E-state index is 0.0735. The van der Waals surface area contributed by atoms with Crippen LogP contribution >= 0.6 is 0 Å². The van der Waals surface area contributed by atoms with Crippen LogP contribution in [0.25, 0.3) is 0 Å². The number of rotatable bonds is 5. The summed E-state index contributed by atoms with van der Waals surface area (Å²) in [5, 5.41) is 0. The molecule has 0 heterocycles. The van der Waals surface area contributed by atoms with Gasteiger partial charge in [-0.3, -0.25) is 4.79 Å². The van der Waals surface area contributed by atoms with Crippen molar-refractivity contribution in [1.82, 2.24) is 0 Å². The highest BCUT2D eigenvalue weighted by atomic mass is 16.5. The molecule has 14 heavy (non-hydrogen) atoms. The summed E-state index contributed by atoms with van der Waals surface area (Å²) in [7, 11) is 1.68. The van der Waals surface area contributed by atoms with E-state index in [1.807, 2.05) is 0 Å². The van der Waals surface area contributed by atoms with Crippen LogP contribution in [0.15, 0.2) is 0 Å². The molecule has 1 atom stereocenters. The van der Waals surface area contributed by atoms with E-state index in [1.54, 1.807) is 7.11 Å². The summed E-state index contributed by atoms with van der Waals surface area (Å²) < 4.78 is 5.30. The first kappa shape index (κ1) is 10.2. The second-order valence-electron chi connectivity index (χ2n) is 4.81. The molecule has 0 amide bonds. The van der Waals surface area contributed by atoms with Crippen LogP contribution in [0.4, 0.5) is 0 Å². The largest absolute Gasteiger partial charge is 0.373 e. The van der Waals surface area contributed by atoms with Gasteiger partial charge in [0, 0.05) is 13.5 Å². The molecule has 0 bridgehead atoms. The van der Waals surface area contributed by atoms with Crippen molar-refractivity contribution >= 4 is 5.78 Å². The van der Waals surface area contributed by atoms with Crippen molar-refractivity contribution in [2.24, 2.45) is 11.8 Å². The highest BCUT2D eigenvalue weighted by Crippen LogP contribution is 2.36. The Morgan fingerprint density at radius 1 is 1.29 bits per heavy atom. The maximum Gasteiger partial charge on any atom is 0.162 e. The average Bonchev–Trinajstić information content (AvgIpc) is 2.86. The summed E-state index contributed by atoms with van der Waals surface area (Å²) >= 11 is 0. The van der Waals surface area contributed by atoms with E-state index in [0.29, 0.717) is 17.6 Å². The molecule has 0 aromatic rings. The average molecular weight is 196 g/mol. The Kier molecular flexibility index (Phi) is 3.22. The van der Waals surface area contributed by atoms with Gasteiger partial charge < -0.3 is 4.74 Å². The Morgan fingerprint density at radius 2 is 1.93 bits per heavy atom. The molecule has 2 heteroatoms. The Balaban J connectivity index is 1.80. The second-order valence-corrected chi connectivity index (χ2v) is 4.81. The molecule has 1 unspecified atom stereocenters. The van der Waals surface area contributed by atoms with E-state index in [9.17, 15) is 4.79 Å². The van der Waals surface area contributed by atoms with Gasteiger partial charge in [-0.05, 0) is 24.7 Å². The summed E-state index contributed by atoms with van der Waals surface area (Å²) in [4.78, 5) is 11.9. The van der Waals surface area contributed by atoms with E-state index in [-0.39, 0.29) is 6.10 Å². The van der Waals surface area contributed by atoms with Gasteiger partial charge >= 0.3 is 0 Å². The number of methoxy groups -OCH3 is 1. The molecule has 0 radical (unpaired) electrons. The first-order valence-corrected chi connectivity index (χ1v) is 5.86. The maximum atomic E-state index is 11.9. The molecular formula is C12H20O2. The molecule has 0 N–H and O–H groups in total. The topological polar surface area (TPSA) is 26.3 Å². The predicted molar refractivity (Wildman–Crippen MR) is 55.1 cm³/mol. The standard InChI is InChI=1S/C12H20O2/c1-14-12(10-6-7-10)11(13)8-9-4-2-3-5-9/h9-10,12H,2-8H2,1H3. The lowest BCUT2D eigenvalue weighted by molar-refractivity contribution is -0.130. The van der Waals surface area contributed by atoms with Gasteiger partial charge in [0.1, 0.15) is 6.10 Å². The summed E-state index contributed by atoms with van der Waals surface area (Å²) in [6, 6.07) is 0. The Morgan fingerprint density at radius 3 is 2.43 bits per heavy atom. The minimum atomic E-state index is -0.0735. The van der Waals surface area contributed by atoms with Gasteiger partial charge in [-0.15, -0.1) is 0 Å². The molecule has 0 aromatic carbocycles. The fraction of sp³-hybridized carbons (Fsp3) is 0.917. The van der Waals surface area contributed by atoms with Crippen LogP contribution in [0.1, 0.15) is 44.9 Å². The highest BCUT2D eigenvalue weighted by molar-refractivity contribution is 5.84. The molecular weight excluding hydrogens is 176 g/mol. The number of hydrogen-bond donors (Lipinski definition) is 0. The lowest BCUT2D eigenvalue weighted by Gasteiger charge is -2.15. The van der Waals surface area contributed by atoms with Crippen LogP contribution in [0.5, 0.6) is 0 Å². The van der Waals surface area contributed by atoms with Crippen LogP contribution in [0.2, 0.25) is 0 Å². The lowest BCUT2D eigenvalue weighted by atomic mass is 9.97. The molecule has 0 aliphatic heterocycles. The quantitative estimate of drug-likeness (QED) is 0.675. The van der Waals surface area contributed by atoms with Crippen molar-refractivity contribution in [3.63, 3.8) is 0 Å². The van der Waals surface area contributed by atoms with Crippen molar-refractivity contribution < 1.29 is 9.53 Å². The third-order valence-electron chi connectivity index (χ3n) is 3.59. The van der Waals surface area contributed by atoms with E-state index in [4.69, 9.17) is 4.74 Å². The highest BCUT2D eigenvalue weighted by Gasteiger charge is 2.36. The fourth-order valence-electron chi connectivity index (χ4n) is 2.60.